The molecule has 0 bridgehead atoms. The number of halogens is 2. The van der Waals surface area contributed by atoms with E-state index in [4.69, 9.17) is 55.1 Å². The predicted octanol–water partition coefficient (Wildman–Crippen LogP) is 5.27. The molecule has 0 aliphatic heterocycles. The monoisotopic (exact) mass is 642 g/mol. The number of aromatic hydroxyl groups is 1. The second kappa shape index (κ2) is 19.2. The van der Waals surface area contributed by atoms with Gasteiger partial charge in [0.05, 0.1) is 0 Å². The number of benzene rings is 3. The average Bonchev–Trinajstić information content (AvgIpc) is 2.97. The van der Waals surface area contributed by atoms with E-state index in [-0.39, 0.29) is 35.2 Å². The van der Waals surface area contributed by atoms with Gasteiger partial charge in [0.25, 0.3) is 0 Å². The van der Waals surface area contributed by atoms with E-state index in [2.05, 4.69) is 31.9 Å². The van der Waals surface area contributed by atoms with Crippen LogP contribution in [-0.4, -0.2) is 53.1 Å². The zero-order valence-corrected chi connectivity index (χ0v) is 25.2. The fourth-order valence-electron chi connectivity index (χ4n) is 3.44. The van der Waals surface area contributed by atoms with E-state index < -0.39 is 5.97 Å². The number of carbonyl (C=O) groups is 1. The minimum Gasteiger partial charge on any atom is -0.507 e. The summed E-state index contributed by atoms with van der Waals surface area (Å²) in [6.45, 7) is 1.25. The number of aromatic carboxylic acids is 1. The molecule has 13 nitrogen and oxygen atoms in total. The largest absolute Gasteiger partial charge is 0.507 e. The number of nitrogens with one attached hydrogen (secondary N) is 10. The van der Waals surface area contributed by atoms with Crippen LogP contribution in [0.25, 0.3) is 0 Å². The molecule has 0 atom stereocenters. The van der Waals surface area contributed by atoms with Gasteiger partial charge in [-0.3, -0.25) is 32.3 Å². The summed E-state index contributed by atoms with van der Waals surface area (Å²) < 4.78 is 0. The highest BCUT2D eigenvalue weighted by Crippen LogP contribution is 2.15. The number of phenols is 1. The number of carboxylic acids is 1. The highest BCUT2D eigenvalue weighted by atomic mass is 35.5. The van der Waals surface area contributed by atoms with Gasteiger partial charge in [-0.15, -0.1) is 0 Å². The Bertz CT molecular complexity index is 1320. The van der Waals surface area contributed by atoms with Gasteiger partial charge in [0, 0.05) is 34.5 Å². The van der Waals surface area contributed by atoms with E-state index in [1.54, 1.807) is 60.7 Å². The molecular weight excluding hydrogens is 607 g/mol. The summed E-state index contributed by atoms with van der Waals surface area (Å²) in [5.74, 6) is -1.20. The maximum absolute atomic E-state index is 10.3. The van der Waals surface area contributed by atoms with Gasteiger partial charge in [-0.2, -0.15) is 0 Å². The first kappa shape index (κ1) is 35.2. The first-order valence-electron chi connectivity index (χ1n) is 13.5. The summed E-state index contributed by atoms with van der Waals surface area (Å²) in [5, 5.41) is 66.8. The number of carboxylic acid groups (broad SMARTS) is 1. The second-order valence-corrected chi connectivity index (χ2v) is 9.98. The van der Waals surface area contributed by atoms with E-state index in [0.29, 0.717) is 34.5 Å². The number of para-hydroxylation sites is 1. The van der Waals surface area contributed by atoms with Gasteiger partial charge in [-0.1, -0.05) is 48.2 Å². The molecule has 0 aliphatic carbocycles. The predicted molar refractivity (Wildman–Crippen MR) is 177 cm³/mol. The van der Waals surface area contributed by atoms with Crippen LogP contribution in [0.4, 0.5) is 11.4 Å². The summed E-state index contributed by atoms with van der Waals surface area (Å²) in [7, 11) is 0. The lowest BCUT2D eigenvalue weighted by Crippen LogP contribution is -2.43. The maximum Gasteiger partial charge on any atom is 0.339 e. The summed E-state index contributed by atoms with van der Waals surface area (Å²) >= 11 is 11.7. The lowest BCUT2D eigenvalue weighted by atomic mass is 10.2. The third-order valence-corrected chi connectivity index (χ3v) is 6.07. The molecule has 0 saturated heterocycles. The number of rotatable bonds is 10. The third kappa shape index (κ3) is 14.8. The lowest BCUT2D eigenvalue weighted by molar-refractivity contribution is 0.0693. The van der Waals surface area contributed by atoms with Gasteiger partial charge in [0.1, 0.15) is 11.3 Å². The van der Waals surface area contributed by atoms with Crippen molar-refractivity contribution in [1.29, 1.82) is 21.6 Å². The van der Waals surface area contributed by atoms with Crippen LogP contribution in [0.2, 0.25) is 10.0 Å². The SMILES string of the molecule is N=C(NCCCCCCNC(=N)NC(=N)Nc1ccc(Cl)cc1)NC(=N)Nc1ccc(Cl)cc1.O=C(O)c1ccccc1O. The average molecular weight is 644 g/mol. The molecule has 3 rings (SSSR count). The van der Waals surface area contributed by atoms with Crippen molar-refractivity contribution in [3.63, 3.8) is 0 Å². The van der Waals surface area contributed by atoms with Gasteiger partial charge in [0.2, 0.25) is 0 Å². The fraction of sp³-hybridized carbons (Fsp3) is 0.207. The first-order chi connectivity index (χ1) is 21.0. The topological polar surface area (TPSA) is 225 Å². The molecule has 3 aromatic carbocycles. The standard InChI is InChI=1S/C22H30Cl2N10.C7H6O3/c23-15-5-9-17(10-6-15)31-21(27)33-19(25)29-13-3-1-2-4-14-30-20(26)34-22(28)32-18-11-7-16(24)8-12-18;8-6-4-2-1-3-5(6)7(9)10/h5-12H,1-4,13-14H2,(H5,25,27,29,31,33)(H5,26,28,30,32,34);1-4,8H,(H,9,10). The Morgan fingerprint density at radius 1 is 0.614 bits per heavy atom. The van der Waals surface area contributed by atoms with Crippen molar-refractivity contribution < 1.29 is 15.0 Å². The molecule has 3 aromatic rings. The van der Waals surface area contributed by atoms with Crippen molar-refractivity contribution in [3.05, 3.63) is 88.4 Å². The molecule has 0 spiro atoms. The Balaban J connectivity index is 0.000000569. The molecule has 234 valence electrons. The summed E-state index contributed by atoms with van der Waals surface area (Å²) in [6.07, 6.45) is 3.70. The smallest absolute Gasteiger partial charge is 0.339 e. The Kier molecular flexibility index (Phi) is 15.4. The minimum atomic E-state index is -1.11. The van der Waals surface area contributed by atoms with Crippen molar-refractivity contribution >= 4 is 64.4 Å². The molecule has 0 radical (unpaired) electrons. The van der Waals surface area contributed by atoms with Crippen LogP contribution < -0.4 is 31.9 Å². The summed E-state index contributed by atoms with van der Waals surface area (Å²) in [6, 6.07) is 19.7. The molecule has 44 heavy (non-hydrogen) atoms. The molecular formula is C29H36Cl2N10O3. The van der Waals surface area contributed by atoms with Crippen molar-refractivity contribution in [2.45, 2.75) is 25.7 Å². The Labute approximate surface area is 265 Å². The summed E-state index contributed by atoms with van der Waals surface area (Å²) in [4.78, 5) is 10.3. The molecule has 0 amide bonds. The van der Waals surface area contributed by atoms with Crippen LogP contribution in [0.5, 0.6) is 5.75 Å². The quantitative estimate of drug-likeness (QED) is 0.0784. The van der Waals surface area contributed by atoms with Crippen molar-refractivity contribution in [2.75, 3.05) is 23.7 Å². The van der Waals surface area contributed by atoms with Gasteiger partial charge in [-0.05, 0) is 73.5 Å². The van der Waals surface area contributed by atoms with E-state index in [0.717, 1.165) is 25.7 Å². The zero-order valence-electron chi connectivity index (χ0n) is 23.7. The minimum absolute atomic E-state index is 0.00148. The Morgan fingerprint density at radius 2 is 1.02 bits per heavy atom. The van der Waals surface area contributed by atoms with E-state index in [1.807, 2.05) is 0 Å². The zero-order chi connectivity index (χ0) is 32.3. The molecule has 12 N–H and O–H groups in total. The molecule has 0 fully saturated rings. The molecule has 0 heterocycles. The number of unbranched alkanes of at least 4 members (excludes halogenated alkanes) is 3. The molecule has 0 aromatic heterocycles. The number of hydrogen-bond donors (Lipinski definition) is 12. The highest BCUT2D eigenvalue weighted by molar-refractivity contribution is 6.31. The number of hydrogen-bond acceptors (Lipinski definition) is 6. The van der Waals surface area contributed by atoms with Crippen LogP contribution in [0.3, 0.4) is 0 Å². The number of anilines is 2. The van der Waals surface area contributed by atoms with Gasteiger partial charge in [0.15, 0.2) is 23.8 Å². The van der Waals surface area contributed by atoms with Gasteiger partial charge >= 0.3 is 5.97 Å². The normalized spacial score (nSPS) is 9.86. The number of guanidine groups is 4. The van der Waals surface area contributed by atoms with Gasteiger partial charge < -0.3 is 31.5 Å². The van der Waals surface area contributed by atoms with E-state index in [1.165, 1.54) is 12.1 Å². The second-order valence-electron chi connectivity index (χ2n) is 9.10. The van der Waals surface area contributed by atoms with Crippen molar-refractivity contribution in [3.8, 4) is 5.75 Å². The fourth-order valence-corrected chi connectivity index (χ4v) is 3.69. The van der Waals surface area contributed by atoms with Crippen LogP contribution >= 0.6 is 23.2 Å². The lowest BCUT2D eigenvalue weighted by Gasteiger charge is -2.13. The Hall–Kier alpha value is -5.01. The molecule has 0 unspecified atom stereocenters. The van der Waals surface area contributed by atoms with Crippen LogP contribution in [0.15, 0.2) is 72.8 Å². The van der Waals surface area contributed by atoms with Crippen molar-refractivity contribution in [2.24, 2.45) is 0 Å². The highest BCUT2D eigenvalue weighted by Gasteiger charge is 2.06. The van der Waals surface area contributed by atoms with Gasteiger partial charge in [-0.25, -0.2) is 4.79 Å². The first-order valence-corrected chi connectivity index (χ1v) is 14.2. The summed E-state index contributed by atoms with van der Waals surface area (Å²) in [5.41, 5.74) is 1.35. The third-order valence-electron chi connectivity index (χ3n) is 5.57. The van der Waals surface area contributed by atoms with E-state index >= 15 is 0 Å². The molecule has 15 heteroatoms. The van der Waals surface area contributed by atoms with E-state index in [9.17, 15) is 4.79 Å². The van der Waals surface area contributed by atoms with Crippen LogP contribution in [0.1, 0.15) is 36.0 Å². The van der Waals surface area contributed by atoms with Crippen LogP contribution in [0, 0.1) is 21.6 Å². The van der Waals surface area contributed by atoms with Crippen LogP contribution in [-0.2, 0) is 0 Å². The Morgan fingerprint density at radius 3 is 1.39 bits per heavy atom. The molecule has 0 aliphatic rings. The van der Waals surface area contributed by atoms with Crippen molar-refractivity contribution in [1.82, 2.24) is 21.3 Å². The maximum atomic E-state index is 10.3. The molecule has 0 saturated carbocycles.